The monoisotopic (exact) mass is 354 g/mol. The van der Waals surface area contributed by atoms with Crippen LogP contribution in [-0.4, -0.2) is 41.5 Å². The van der Waals surface area contributed by atoms with E-state index in [2.05, 4.69) is 15.7 Å². The second kappa shape index (κ2) is 7.31. The van der Waals surface area contributed by atoms with Crippen LogP contribution in [0.5, 0.6) is 0 Å². The van der Waals surface area contributed by atoms with Crippen molar-refractivity contribution in [2.75, 3.05) is 25.0 Å². The van der Waals surface area contributed by atoms with Gasteiger partial charge in [-0.25, -0.2) is 4.68 Å². The van der Waals surface area contributed by atoms with E-state index in [1.165, 1.54) is 0 Å². The first-order valence-electron chi connectivity index (χ1n) is 7.23. The van der Waals surface area contributed by atoms with E-state index >= 15 is 0 Å². The Balaban J connectivity index is 1.72. The van der Waals surface area contributed by atoms with Crippen LogP contribution in [0, 0.1) is 0 Å². The number of benzene rings is 1. The molecule has 8 heteroatoms. The van der Waals surface area contributed by atoms with Gasteiger partial charge in [-0.1, -0.05) is 35.3 Å². The molecule has 0 radical (unpaired) electrons. The number of nitrogens with zero attached hydrogens (tertiary/aromatic N) is 2. The van der Waals surface area contributed by atoms with Gasteiger partial charge in [0.1, 0.15) is 11.9 Å². The minimum absolute atomic E-state index is 0.198. The number of carbonyl (C=O) groups excluding carboxylic acids is 1. The van der Waals surface area contributed by atoms with Crippen LogP contribution >= 0.6 is 23.2 Å². The zero-order valence-electron chi connectivity index (χ0n) is 12.3. The molecule has 0 saturated carbocycles. The van der Waals surface area contributed by atoms with Crippen molar-refractivity contribution in [2.45, 2.75) is 12.6 Å². The third kappa shape index (κ3) is 3.84. The average molecular weight is 355 g/mol. The first-order chi connectivity index (χ1) is 11.1. The Morgan fingerprint density at radius 2 is 2.30 bits per heavy atom. The zero-order valence-corrected chi connectivity index (χ0v) is 13.8. The fraction of sp³-hybridized carbons (Fsp3) is 0.333. The van der Waals surface area contributed by atoms with Gasteiger partial charge in [0.05, 0.1) is 29.4 Å². The van der Waals surface area contributed by atoms with Gasteiger partial charge < -0.3 is 15.4 Å². The summed E-state index contributed by atoms with van der Waals surface area (Å²) < 4.78 is 7.10. The third-order valence-electron chi connectivity index (χ3n) is 3.54. The molecular weight excluding hydrogens is 339 g/mol. The molecule has 1 aliphatic rings. The number of morpholine rings is 1. The summed E-state index contributed by atoms with van der Waals surface area (Å²) in [7, 11) is 0. The van der Waals surface area contributed by atoms with Crippen molar-refractivity contribution in [3.63, 3.8) is 0 Å². The van der Waals surface area contributed by atoms with Crippen LogP contribution in [0.25, 0.3) is 0 Å². The number of halogens is 2. The Hall–Kier alpha value is -1.60. The molecule has 6 nitrogen and oxygen atoms in total. The lowest BCUT2D eigenvalue weighted by atomic mass is 10.2. The standard InChI is InChI=1S/C15H16Cl2N4O2/c16-11-3-1-2-10(14(11)17)9-21-13(4-5-19-21)20-15(22)12-8-18-6-7-23-12/h1-5,12,18H,6-9H2,(H,20,22)/t12-/m1/s1. The molecule has 0 unspecified atom stereocenters. The fourth-order valence-corrected chi connectivity index (χ4v) is 2.72. The van der Waals surface area contributed by atoms with E-state index in [0.717, 1.165) is 12.1 Å². The van der Waals surface area contributed by atoms with E-state index in [9.17, 15) is 4.79 Å². The number of nitrogens with one attached hydrogen (secondary N) is 2. The number of hydrogen-bond donors (Lipinski definition) is 2. The Morgan fingerprint density at radius 3 is 3.09 bits per heavy atom. The summed E-state index contributed by atoms with van der Waals surface area (Å²) in [5.74, 6) is 0.386. The maximum atomic E-state index is 12.2. The number of rotatable bonds is 4. The normalized spacial score (nSPS) is 17.9. The maximum Gasteiger partial charge on any atom is 0.255 e. The Morgan fingerprint density at radius 1 is 1.43 bits per heavy atom. The molecule has 122 valence electrons. The van der Waals surface area contributed by atoms with E-state index in [1.807, 2.05) is 12.1 Å². The van der Waals surface area contributed by atoms with Crippen molar-refractivity contribution in [2.24, 2.45) is 0 Å². The second-order valence-corrected chi connectivity index (χ2v) is 5.93. The maximum absolute atomic E-state index is 12.2. The molecule has 2 aromatic rings. The highest BCUT2D eigenvalue weighted by molar-refractivity contribution is 6.42. The predicted octanol–water partition coefficient (Wildman–Crippen LogP) is 2.17. The highest BCUT2D eigenvalue weighted by Crippen LogP contribution is 2.26. The quantitative estimate of drug-likeness (QED) is 0.882. The van der Waals surface area contributed by atoms with Gasteiger partial charge in [0, 0.05) is 19.2 Å². The Labute approximate surface area is 143 Å². The van der Waals surface area contributed by atoms with Gasteiger partial charge in [0.2, 0.25) is 0 Å². The number of aromatic nitrogens is 2. The van der Waals surface area contributed by atoms with E-state index < -0.39 is 6.10 Å². The molecular formula is C15H16Cl2N4O2. The second-order valence-electron chi connectivity index (χ2n) is 5.14. The molecule has 0 bridgehead atoms. The summed E-state index contributed by atoms with van der Waals surface area (Å²) in [5, 5.41) is 11.2. The largest absolute Gasteiger partial charge is 0.366 e. The molecule has 1 atom stereocenters. The smallest absolute Gasteiger partial charge is 0.255 e. The minimum Gasteiger partial charge on any atom is -0.366 e. The SMILES string of the molecule is O=C(Nc1ccnn1Cc1cccc(Cl)c1Cl)[C@H]1CNCCO1. The van der Waals surface area contributed by atoms with Crippen molar-refractivity contribution in [3.8, 4) is 0 Å². The van der Waals surface area contributed by atoms with Crippen LogP contribution < -0.4 is 10.6 Å². The van der Waals surface area contributed by atoms with Crippen molar-refractivity contribution in [1.82, 2.24) is 15.1 Å². The first kappa shape index (κ1) is 16.3. The Kier molecular flexibility index (Phi) is 5.17. The molecule has 2 N–H and O–H groups in total. The van der Waals surface area contributed by atoms with E-state index in [-0.39, 0.29) is 5.91 Å². The van der Waals surface area contributed by atoms with Crippen LogP contribution in [0.3, 0.4) is 0 Å². The summed E-state index contributed by atoms with van der Waals surface area (Å²) in [5.41, 5.74) is 0.828. The number of ether oxygens (including phenoxy) is 1. The molecule has 23 heavy (non-hydrogen) atoms. The van der Waals surface area contributed by atoms with Gasteiger partial charge in [-0.3, -0.25) is 4.79 Å². The molecule has 1 fully saturated rings. The minimum atomic E-state index is -0.498. The van der Waals surface area contributed by atoms with Crippen molar-refractivity contribution < 1.29 is 9.53 Å². The highest BCUT2D eigenvalue weighted by atomic mass is 35.5. The molecule has 1 aliphatic heterocycles. The molecule has 2 heterocycles. The molecule has 1 aromatic heterocycles. The number of hydrogen-bond acceptors (Lipinski definition) is 4. The first-order valence-corrected chi connectivity index (χ1v) is 7.98. The predicted molar refractivity (Wildman–Crippen MR) is 89.0 cm³/mol. The summed E-state index contributed by atoms with van der Waals surface area (Å²) in [6.45, 7) is 2.19. The highest BCUT2D eigenvalue weighted by Gasteiger charge is 2.22. The van der Waals surface area contributed by atoms with Gasteiger partial charge in [0.15, 0.2) is 0 Å². The fourth-order valence-electron chi connectivity index (χ4n) is 2.34. The molecule has 3 rings (SSSR count). The summed E-state index contributed by atoms with van der Waals surface area (Å²) in [6.07, 6.45) is 1.12. The summed E-state index contributed by atoms with van der Waals surface area (Å²) in [4.78, 5) is 12.2. The topological polar surface area (TPSA) is 68.2 Å². The molecule has 0 aliphatic carbocycles. The van der Waals surface area contributed by atoms with Gasteiger partial charge >= 0.3 is 0 Å². The van der Waals surface area contributed by atoms with Crippen LogP contribution in [0.1, 0.15) is 5.56 Å². The summed E-state index contributed by atoms with van der Waals surface area (Å²) in [6, 6.07) is 7.15. The van der Waals surface area contributed by atoms with E-state index in [1.54, 1.807) is 23.0 Å². The molecule has 0 spiro atoms. The van der Waals surface area contributed by atoms with Crippen molar-refractivity contribution in [3.05, 3.63) is 46.1 Å². The van der Waals surface area contributed by atoms with Crippen LogP contribution in [0.4, 0.5) is 5.82 Å². The summed E-state index contributed by atoms with van der Waals surface area (Å²) >= 11 is 12.2. The van der Waals surface area contributed by atoms with E-state index in [4.69, 9.17) is 27.9 Å². The lowest BCUT2D eigenvalue weighted by molar-refractivity contribution is -0.128. The van der Waals surface area contributed by atoms with Crippen molar-refractivity contribution in [1.29, 1.82) is 0 Å². The van der Waals surface area contributed by atoms with Gasteiger partial charge in [-0.2, -0.15) is 5.10 Å². The van der Waals surface area contributed by atoms with E-state index in [0.29, 0.717) is 35.6 Å². The van der Waals surface area contributed by atoms with Crippen LogP contribution in [0.15, 0.2) is 30.5 Å². The lowest BCUT2D eigenvalue weighted by Crippen LogP contribution is -2.45. The molecule has 1 aromatic carbocycles. The molecule has 1 saturated heterocycles. The zero-order chi connectivity index (χ0) is 16.2. The van der Waals surface area contributed by atoms with Gasteiger partial charge in [0.25, 0.3) is 5.91 Å². The number of anilines is 1. The average Bonchev–Trinajstić information content (AvgIpc) is 2.99. The Bertz CT molecular complexity index is 699. The van der Waals surface area contributed by atoms with Crippen LogP contribution in [-0.2, 0) is 16.1 Å². The third-order valence-corrected chi connectivity index (χ3v) is 4.40. The number of amides is 1. The van der Waals surface area contributed by atoms with Gasteiger partial charge in [-0.15, -0.1) is 0 Å². The van der Waals surface area contributed by atoms with Crippen LogP contribution in [0.2, 0.25) is 10.0 Å². The van der Waals surface area contributed by atoms with Gasteiger partial charge in [-0.05, 0) is 11.6 Å². The number of carbonyl (C=O) groups is 1. The van der Waals surface area contributed by atoms with Crippen molar-refractivity contribution >= 4 is 34.9 Å². The molecule has 1 amide bonds. The lowest BCUT2D eigenvalue weighted by Gasteiger charge is -2.22.